The molecule has 0 aliphatic rings. The minimum atomic E-state index is -0.938. The lowest BCUT2D eigenvalue weighted by Gasteiger charge is -2.17. The summed E-state index contributed by atoms with van der Waals surface area (Å²) in [5.41, 5.74) is 0.798. The van der Waals surface area contributed by atoms with Crippen molar-refractivity contribution >= 4 is 11.9 Å². The first-order valence-corrected chi connectivity index (χ1v) is 7.16. The summed E-state index contributed by atoms with van der Waals surface area (Å²) in [4.78, 5) is 22.8. The van der Waals surface area contributed by atoms with Crippen LogP contribution in [0.5, 0.6) is 0 Å². The average molecular weight is 293 g/mol. The Bertz CT molecular complexity index is 445. The summed E-state index contributed by atoms with van der Waals surface area (Å²) in [7, 11) is 0. The predicted molar refractivity (Wildman–Crippen MR) is 79.9 cm³/mol. The Kier molecular flexibility index (Phi) is 7.46. The number of hydrogen-bond acceptors (Lipinski definition) is 3. The monoisotopic (exact) mass is 293 g/mol. The maximum absolute atomic E-state index is 11.9. The van der Waals surface area contributed by atoms with Gasteiger partial charge in [0, 0.05) is 13.0 Å². The van der Waals surface area contributed by atoms with Gasteiger partial charge >= 0.3 is 5.97 Å². The van der Waals surface area contributed by atoms with Crippen LogP contribution in [0, 0.1) is 0 Å². The number of hydrogen-bond donors (Lipinski definition) is 2. The van der Waals surface area contributed by atoms with Gasteiger partial charge in [-0.3, -0.25) is 9.59 Å². The number of ether oxygens (including phenoxy) is 1. The molecule has 0 bridgehead atoms. The molecule has 5 heteroatoms. The fraction of sp³-hybridized carbons (Fsp3) is 0.500. The van der Waals surface area contributed by atoms with Crippen molar-refractivity contribution < 1.29 is 19.4 Å². The van der Waals surface area contributed by atoms with E-state index in [1.165, 1.54) is 0 Å². The summed E-state index contributed by atoms with van der Waals surface area (Å²) in [5.74, 6) is -1.09. The molecule has 1 aromatic rings. The molecule has 0 aromatic heterocycles. The Morgan fingerprint density at radius 3 is 2.48 bits per heavy atom. The highest BCUT2D eigenvalue weighted by molar-refractivity contribution is 5.77. The van der Waals surface area contributed by atoms with Gasteiger partial charge in [-0.05, 0) is 25.8 Å². The minimum absolute atomic E-state index is 0.127. The summed E-state index contributed by atoms with van der Waals surface area (Å²) in [6.07, 6.45) is 0.976. The van der Waals surface area contributed by atoms with E-state index in [-0.39, 0.29) is 18.4 Å². The molecule has 5 nitrogen and oxygen atoms in total. The van der Waals surface area contributed by atoms with Gasteiger partial charge < -0.3 is 15.2 Å². The molecular formula is C16H23NO4. The molecule has 0 saturated carbocycles. The quantitative estimate of drug-likeness (QED) is 0.686. The smallest absolute Gasteiger partial charge is 0.305 e. The molecular weight excluding hydrogens is 270 g/mol. The van der Waals surface area contributed by atoms with E-state index in [4.69, 9.17) is 9.84 Å². The van der Waals surface area contributed by atoms with Crippen molar-refractivity contribution in [2.75, 3.05) is 6.61 Å². The molecule has 0 aliphatic carbocycles. The van der Waals surface area contributed by atoms with Gasteiger partial charge in [0.15, 0.2) is 0 Å². The summed E-state index contributed by atoms with van der Waals surface area (Å²) in [5, 5.41) is 11.7. The van der Waals surface area contributed by atoms with Crippen LogP contribution in [0.2, 0.25) is 0 Å². The third kappa shape index (κ3) is 7.46. The fourth-order valence-electron chi connectivity index (χ4n) is 1.93. The number of carbonyl (C=O) groups excluding carboxylic acids is 1. The zero-order valence-corrected chi connectivity index (χ0v) is 12.5. The average Bonchev–Trinajstić information content (AvgIpc) is 2.43. The third-order valence-electron chi connectivity index (χ3n) is 2.92. The molecule has 21 heavy (non-hydrogen) atoms. The molecule has 0 aliphatic heterocycles. The lowest BCUT2D eigenvalue weighted by atomic mass is 10.0. The molecule has 1 atom stereocenters. The van der Waals surface area contributed by atoms with Crippen molar-refractivity contribution in [2.45, 2.75) is 45.3 Å². The maximum atomic E-state index is 11.9. The van der Waals surface area contributed by atoms with E-state index in [2.05, 4.69) is 5.32 Å². The Morgan fingerprint density at radius 1 is 1.24 bits per heavy atom. The highest BCUT2D eigenvalue weighted by Gasteiger charge is 2.17. The maximum Gasteiger partial charge on any atom is 0.305 e. The van der Waals surface area contributed by atoms with Crippen molar-refractivity contribution in [1.29, 1.82) is 0 Å². The fourth-order valence-corrected chi connectivity index (χ4v) is 1.93. The summed E-state index contributed by atoms with van der Waals surface area (Å²) in [6.45, 7) is 4.41. The number of benzene rings is 1. The summed E-state index contributed by atoms with van der Waals surface area (Å²) in [6, 6.07) is 8.64. The number of aliphatic carboxylic acids is 1. The van der Waals surface area contributed by atoms with E-state index in [1.807, 2.05) is 44.2 Å². The molecule has 0 fully saturated rings. The Morgan fingerprint density at radius 2 is 1.90 bits per heavy atom. The number of carboxylic acids is 1. The lowest BCUT2D eigenvalue weighted by Crippen LogP contribution is -2.30. The van der Waals surface area contributed by atoms with E-state index in [9.17, 15) is 9.59 Å². The second kappa shape index (κ2) is 9.13. The van der Waals surface area contributed by atoms with Gasteiger partial charge in [-0.2, -0.15) is 0 Å². The van der Waals surface area contributed by atoms with E-state index >= 15 is 0 Å². The highest BCUT2D eigenvalue weighted by atomic mass is 16.5. The van der Waals surface area contributed by atoms with Crippen LogP contribution < -0.4 is 5.32 Å². The molecule has 0 spiro atoms. The molecule has 1 rings (SSSR count). The molecule has 116 valence electrons. The van der Waals surface area contributed by atoms with Gasteiger partial charge in [0.05, 0.1) is 18.6 Å². The van der Waals surface area contributed by atoms with E-state index in [1.54, 1.807) is 0 Å². The summed E-state index contributed by atoms with van der Waals surface area (Å²) < 4.78 is 5.37. The predicted octanol–water partition coefficient (Wildman–Crippen LogP) is 2.52. The number of rotatable bonds is 9. The van der Waals surface area contributed by atoms with Crippen molar-refractivity contribution in [2.24, 2.45) is 0 Å². The van der Waals surface area contributed by atoms with Crippen molar-refractivity contribution in [1.82, 2.24) is 5.32 Å². The van der Waals surface area contributed by atoms with Crippen LogP contribution >= 0.6 is 0 Å². The third-order valence-corrected chi connectivity index (χ3v) is 2.92. The Balaban J connectivity index is 2.49. The van der Waals surface area contributed by atoms with Crippen LogP contribution in [0.1, 0.15) is 44.7 Å². The van der Waals surface area contributed by atoms with Crippen LogP contribution in [-0.2, 0) is 14.3 Å². The first-order valence-electron chi connectivity index (χ1n) is 7.16. The van der Waals surface area contributed by atoms with Crippen LogP contribution in [0.4, 0.5) is 0 Å². The number of carbonyl (C=O) groups is 2. The molecule has 2 N–H and O–H groups in total. The SMILES string of the molecule is CC(C)OCCCC(=O)NC(CC(=O)O)c1ccccc1. The van der Waals surface area contributed by atoms with Crippen molar-refractivity contribution in [3.05, 3.63) is 35.9 Å². The van der Waals surface area contributed by atoms with Crippen LogP contribution in [0.15, 0.2) is 30.3 Å². The molecule has 1 aromatic carbocycles. The number of nitrogens with one attached hydrogen (secondary N) is 1. The van der Waals surface area contributed by atoms with Crippen LogP contribution in [0.3, 0.4) is 0 Å². The molecule has 1 unspecified atom stereocenters. The summed E-state index contributed by atoms with van der Waals surface area (Å²) >= 11 is 0. The van der Waals surface area contributed by atoms with Gasteiger partial charge in [0.25, 0.3) is 0 Å². The van der Waals surface area contributed by atoms with Crippen molar-refractivity contribution in [3.63, 3.8) is 0 Å². The van der Waals surface area contributed by atoms with E-state index in [0.717, 1.165) is 5.56 Å². The van der Waals surface area contributed by atoms with Gasteiger partial charge in [0.1, 0.15) is 0 Å². The second-order valence-corrected chi connectivity index (χ2v) is 5.15. The first-order chi connectivity index (χ1) is 9.99. The van der Waals surface area contributed by atoms with Gasteiger partial charge in [-0.15, -0.1) is 0 Å². The molecule has 0 saturated heterocycles. The molecule has 0 radical (unpaired) electrons. The van der Waals surface area contributed by atoms with E-state index < -0.39 is 12.0 Å². The lowest BCUT2D eigenvalue weighted by molar-refractivity contribution is -0.137. The highest BCUT2D eigenvalue weighted by Crippen LogP contribution is 2.16. The zero-order valence-electron chi connectivity index (χ0n) is 12.5. The largest absolute Gasteiger partial charge is 0.481 e. The first kappa shape index (κ1) is 17.2. The van der Waals surface area contributed by atoms with Gasteiger partial charge in [-0.1, -0.05) is 30.3 Å². The van der Waals surface area contributed by atoms with Crippen LogP contribution in [0.25, 0.3) is 0 Å². The standard InChI is InChI=1S/C16H23NO4/c1-12(2)21-10-6-9-15(18)17-14(11-16(19)20)13-7-4-3-5-8-13/h3-5,7-8,12,14H,6,9-11H2,1-2H3,(H,17,18)(H,19,20). The van der Waals surface area contributed by atoms with Gasteiger partial charge in [-0.25, -0.2) is 0 Å². The topological polar surface area (TPSA) is 75.6 Å². The molecule has 0 heterocycles. The van der Waals surface area contributed by atoms with E-state index in [0.29, 0.717) is 19.4 Å². The Labute approximate surface area is 125 Å². The molecule has 1 amide bonds. The van der Waals surface area contributed by atoms with Crippen molar-refractivity contribution in [3.8, 4) is 0 Å². The minimum Gasteiger partial charge on any atom is -0.481 e. The van der Waals surface area contributed by atoms with Gasteiger partial charge in [0.2, 0.25) is 5.91 Å². The zero-order chi connectivity index (χ0) is 15.7. The Hall–Kier alpha value is -1.88. The van der Waals surface area contributed by atoms with Crippen LogP contribution in [-0.4, -0.2) is 29.7 Å². The number of amides is 1. The number of carboxylic acid groups (broad SMARTS) is 1. The second-order valence-electron chi connectivity index (χ2n) is 5.15. The normalized spacial score (nSPS) is 12.1.